The Morgan fingerprint density at radius 1 is 1.38 bits per heavy atom. The topological polar surface area (TPSA) is 0 Å². The standard InChI is InChI=1S/C7H14S/c1-3-4-5-6-7-8-2/h5-6H,3-4,7H2,1-2H3/b6-5+. The third kappa shape index (κ3) is 6.09. The lowest BCUT2D eigenvalue weighted by Crippen LogP contribution is -1.66. The number of hydrogen-bond donors (Lipinski definition) is 0. The van der Waals surface area contributed by atoms with E-state index in [4.69, 9.17) is 0 Å². The van der Waals surface area contributed by atoms with Crippen molar-refractivity contribution in [3.8, 4) is 0 Å². The Balaban J connectivity index is 2.83. The SMILES string of the molecule is CCC/C=C/CSC. The predicted octanol–water partition coefficient (Wildman–Crippen LogP) is 2.71. The van der Waals surface area contributed by atoms with Crippen LogP contribution in [0.4, 0.5) is 0 Å². The molecule has 0 aromatic heterocycles. The zero-order chi connectivity index (χ0) is 6.24. The maximum Gasteiger partial charge on any atom is 0.0110 e. The highest BCUT2D eigenvalue weighted by Gasteiger charge is 1.72. The van der Waals surface area contributed by atoms with E-state index in [2.05, 4.69) is 25.3 Å². The Kier molecular flexibility index (Phi) is 7.17. The van der Waals surface area contributed by atoms with Gasteiger partial charge in [0.15, 0.2) is 0 Å². The Hall–Kier alpha value is 0.0900. The summed E-state index contributed by atoms with van der Waals surface area (Å²) in [5.41, 5.74) is 0. The molecule has 0 atom stereocenters. The molecule has 0 aromatic rings. The number of unbranched alkanes of at least 4 members (excludes halogenated alkanes) is 1. The fourth-order valence-corrected chi connectivity index (χ4v) is 0.777. The zero-order valence-electron chi connectivity index (χ0n) is 5.68. The number of rotatable bonds is 4. The van der Waals surface area contributed by atoms with Gasteiger partial charge < -0.3 is 0 Å². The molecule has 0 amide bonds. The van der Waals surface area contributed by atoms with Gasteiger partial charge in [-0.1, -0.05) is 25.5 Å². The molecule has 0 heterocycles. The first-order chi connectivity index (χ1) is 3.91. The van der Waals surface area contributed by atoms with Crippen LogP contribution in [-0.2, 0) is 0 Å². The van der Waals surface area contributed by atoms with Crippen molar-refractivity contribution in [1.29, 1.82) is 0 Å². The Bertz CT molecular complexity index is 49.4. The number of allylic oxidation sites excluding steroid dienone is 1. The normalized spacial score (nSPS) is 10.8. The van der Waals surface area contributed by atoms with Crippen LogP contribution in [-0.4, -0.2) is 12.0 Å². The number of hydrogen-bond acceptors (Lipinski definition) is 1. The van der Waals surface area contributed by atoms with Gasteiger partial charge in [-0.05, 0) is 12.7 Å². The van der Waals surface area contributed by atoms with Gasteiger partial charge in [0.05, 0.1) is 0 Å². The van der Waals surface area contributed by atoms with Gasteiger partial charge >= 0.3 is 0 Å². The fraction of sp³-hybridized carbons (Fsp3) is 0.714. The van der Waals surface area contributed by atoms with Crippen LogP contribution in [0.25, 0.3) is 0 Å². The Morgan fingerprint density at radius 3 is 2.62 bits per heavy atom. The summed E-state index contributed by atoms with van der Waals surface area (Å²) in [6, 6.07) is 0. The van der Waals surface area contributed by atoms with Crippen molar-refractivity contribution in [3.63, 3.8) is 0 Å². The zero-order valence-corrected chi connectivity index (χ0v) is 6.50. The first-order valence-electron chi connectivity index (χ1n) is 3.05. The first-order valence-corrected chi connectivity index (χ1v) is 4.45. The van der Waals surface area contributed by atoms with Crippen LogP contribution in [0, 0.1) is 0 Å². The molecule has 0 saturated heterocycles. The molecular formula is C7H14S. The number of thioether (sulfide) groups is 1. The van der Waals surface area contributed by atoms with Crippen LogP contribution < -0.4 is 0 Å². The van der Waals surface area contributed by atoms with Gasteiger partial charge in [-0.25, -0.2) is 0 Å². The highest BCUT2D eigenvalue weighted by molar-refractivity contribution is 7.98. The summed E-state index contributed by atoms with van der Waals surface area (Å²) in [4.78, 5) is 0. The predicted molar refractivity (Wildman–Crippen MR) is 42.4 cm³/mol. The fourth-order valence-electron chi connectivity index (χ4n) is 0.449. The van der Waals surface area contributed by atoms with Crippen molar-refractivity contribution in [2.75, 3.05) is 12.0 Å². The molecule has 0 fully saturated rings. The molecule has 0 spiro atoms. The van der Waals surface area contributed by atoms with Crippen LogP contribution in [0.5, 0.6) is 0 Å². The van der Waals surface area contributed by atoms with E-state index < -0.39 is 0 Å². The Labute approximate surface area is 56.4 Å². The van der Waals surface area contributed by atoms with Crippen molar-refractivity contribution in [2.45, 2.75) is 19.8 Å². The van der Waals surface area contributed by atoms with Gasteiger partial charge in [0.25, 0.3) is 0 Å². The highest BCUT2D eigenvalue weighted by atomic mass is 32.2. The van der Waals surface area contributed by atoms with Crippen molar-refractivity contribution in [1.82, 2.24) is 0 Å². The average Bonchev–Trinajstić information content (AvgIpc) is 1.81. The van der Waals surface area contributed by atoms with E-state index in [1.165, 1.54) is 18.6 Å². The third-order valence-electron chi connectivity index (χ3n) is 0.885. The largest absolute Gasteiger partial charge is 0.161 e. The van der Waals surface area contributed by atoms with E-state index in [-0.39, 0.29) is 0 Å². The molecule has 1 heteroatoms. The summed E-state index contributed by atoms with van der Waals surface area (Å²) in [7, 11) is 0. The monoisotopic (exact) mass is 130 g/mol. The maximum absolute atomic E-state index is 2.25. The summed E-state index contributed by atoms with van der Waals surface area (Å²) in [6.45, 7) is 2.20. The minimum absolute atomic E-state index is 1.17. The van der Waals surface area contributed by atoms with Gasteiger partial charge in [0, 0.05) is 5.75 Å². The lowest BCUT2D eigenvalue weighted by molar-refractivity contribution is 0.957. The smallest absolute Gasteiger partial charge is 0.0110 e. The van der Waals surface area contributed by atoms with Crippen molar-refractivity contribution >= 4 is 11.8 Å². The molecule has 0 aromatic carbocycles. The second kappa shape index (κ2) is 7.09. The van der Waals surface area contributed by atoms with E-state index >= 15 is 0 Å². The van der Waals surface area contributed by atoms with Gasteiger partial charge in [0.1, 0.15) is 0 Å². The van der Waals surface area contributed by atoms with Gasteiger partial charge in [0.2, 0.25) is 0 Å². The summed E-state index contributed by atoms with van der Waals surface area (Å²) >= 11 is 1.87. The minimum atomic E-state index is 1.17. The first kappa shape index (κ1) is 8.09. The van der Waals surface area contributed by atoms with E-state index in [0.717, 1.165) is 0 Å². The molecule has 8 heavy (non-hydrogen) atoms. The summed E-state index contributed by atoms with van der Waals surface area (Å²) in [6.07, 6.45) is 9.10. The lowest BCUT2D eigenvalue weighted by Gasteiger charge is -1.83. The van der Waals surface area contributed by atoms with Crippen molar-refractivity contribution in [3.05, 3.63) is 12.2 Å². The molecule has 0 nitrogen and oxygen atoms in total. The third-order valence-corrected chi connectivity index (χ3v) is 1.41. The average molecular weight is 130 g/mol. The van der Waals surface area contributed by atoms with Gasteiger partial charge in [-0.2, -0.15) is 11.8 Å². The summed E-state index contributed by atoms with van der Waals surface area (Å²) in [5, 5.41) is 0. The van der Waals surface area contributed by atoms with E-state index in [0.29, 0.717) is 0 Å². The molecule has 0 rings (SSSR count). The second-order valence-electron chi connectivity index (χ2n) is 1.72. The molecule has 0 aliphatic heterocycles. The molecule has 0 bridgehead atoms. The molecular weight excluding hydrogens is 116 g/mol. The van der Waals surface area contributed by atoms with Crippen molar-refractivity contribution in [2.24, 2.45) is 0 Å². The molecule has 0 unspecified atom stereocenters. The van der Waals surface area contributed by atoms with Crippen molar-refractivity contribution < 1.29 is 0 Å². The molecule has 0 saturated carbocycles. The van der Waals surface area contributed by atoms with Crippen LogP contribution >= 0.6 is 11.8 Å². The van der Waals surface area contributed by atoms with E-state index in [1.807, 2.05) is 11.8 Å². The van der Waals surface area contributed by atoms with E-state index in [9.17, 15) is 0 Å². The molecule has 0 radical (unpaired) electrons. The van der Waals surface area contributed by atoms with Crippen LogP contribution in [0.1, 0.15) is 19.8 Å². The van der Waals surface area contributed by atoms with Crippen LogP contribution in [0.15, 0.2) is 12.2 Å². The van der Waals surface area contributed by atoms with Crippen LogP contribution in [0.3, 0.4) is 0 Å². The summed E-state index contributed by atoms with van der Waals surface area (Å²) in [5.74, 6) is 1.17. The quantitative estimate of drug-likeness (QED) is 0.527. The van der Waals surface area contributed by atoms with Crippen LogP contribution in [0.2, 0.25) is 0 Å². The summed E-state index contributed by atoms with van der Waals surface area (Å²) < 4.78 is 0. The maximum atomic E-state index is 2.25. The van der Waals surface area contributed by atoms with E-state index in [1.54, 1.807) is 0 Å². The lowest BCUT2D eigenvalue weighted by atomic mass is 10.3. The van der Waals surface area contributed by atoms with Gasteiger partial charge in [-0.3, -0.25) is 0 Å². The molecule has 0 N–H and O–H groups in total. The molecule has 0 aliphatic carbocycles. The minimum Gasteiger partial charge on any atom is -0.161 e. The Morgan fingerprint density at radius 2 is 2.12 bits per heavy atom. The second-order valence-corrected chi connectivity index (χ2v) is 2.63. The molecule has 0 aliphatic rings. The molecule has 48 valence electrons. The highest BCUT2D eigenvalue weighted by Crippen LogP contribution is 1.94. The van der Waals surface area contributed by atoms with Gasteiger partial charge in [-0.15, -0.1) is 0 Å².